The lowest BCUT2D eigenvalue weighted by atomic mass is 9.84. The quantitative estimate of drug-likeness (QED) is 0.0712. The maximum absolute atomic E-state index is 14.6. The van der Waals surface area contributed by atoms with Gasteiger partial charge < -0.3 is 36.0 Å². The van der Waals surface area contributed by atoms with Crippen LogP contribution in [0, 0.1) is 10.8 Å². The molecule has 5 rings (SSSR count). The van der Waals surface area contributed by atoms with Gasteiger partial charge in [-0.2, -0.15) is 0 Å². The molecule has 13 heteroatoms. The fourth-order valence-electron chi connectivity index (χ4n) is 7.95. The van der Waals surface area contributed by atoms with Crippen molar-refractivity contribution in [3.05, 3.63) is 120 Å². The topological polar surface area (TPSA) is 177 Å². The molecule has 1 saturated heterocycles. The van der Waals surface area contributed by atoms with E-state index in [1.807, 2.05) is 126 Å². The number of pyridine rings is 2. The predicted molar refractivity (Wildman–Crippen MR) is 241 cm³/mol. The van der Waals surface area contributed by atoms with Crippen LogP contribution >= 0.6 is 0 Å². The maximum atomic E-state index is 14.6. The molecule has 5 N–H and O–H groups in total. The summed E-state index contributed by atoms with van der Waals surface area (Å²) in [5, 5.41) is 30.1. The fourth-order valence-corrected chi connectivity index (χ4v) is 7.95. The summed E-state index contributed by atoms with van der Waals surface area (Å²) in [5.74, 6) is -0.669. The predicted octanol–water partition coefficient (Wildman–Crippen LogP) is 6.98. The molecule has 1 aliphatic rings. The van der Waals surface area contributed by atoms with E-state index in [1.165, 1.54) is 0 Å². The van der Waals surface area contributed by atoms with Gasteiger partial charge in [-0.25, -0.2) is 9.59 Å². The molecule has 0 saturated carbocycles. The molecule has 0 aliphatic carbocycles. The van der Waals surface area contributed by atoms with Gasteiger partial charge in [0.1, 0.15) is 6.04 Å². The number of hydrogen-bond donors (Lipinski definition) is 5. The van der Waals surface area contributed by atoms with Crippen LogP contribution in [-0.4, -0.2) is 97.8 Å². The SMILES string of the molecule is CC(C)(CNC(=O)O)CC(=O)NC(Cc1ccc(-c2ccccn2)cc1)CC(O)C(Cc1ccccc1)NC(=O)C(N1CCN(Cc2cccc(C(C)(C)C)n2)C1=O)C(C)(C)C. The average Bonchev–Trinajstić information content (AvgIpc) is 3.54. The Morgan fingerprint density at radius 1 is 0.790 bits per heavy atom. The summed E-state index contributed by atoms with van der Waals surface area (Å²) >= 11 is 0. The molecule has 0 spiro atoms. The normalized spacial score (nSPS) is 15.4. The number of rotatable bonds is 18. The second-order valence-electron chi connectivity index (χ2n) is 19.4. The van der Waals surface area contributed by atoms with E-state index in [9.17, 15) is 29.4 Å². The van der Waals surface area contributed by atoms with Crippen molar-refractivity contribution in [2.24, 2.45) is 10.8 Å². The molecule has 0 bridgehead atoms. The van der Waals surface area contributed by atoms with Gasteiger partial charge in [0.05, 0.1) is 30.1 Å². The van der Waals surface area contributed by atoms with Crippen LogP contribution in [0.1, 0.15) is 90.7 Å². The Kier molecular flexibility index (Phi) is 15.5. The number of aromatic nitrogens is 2. The Labute approximate surface area is 366 Å². The Hall–Kier alpha value is -5.82. The van der Waals surface area contributed by atoms with E-state index in [2.05, 4.69) is 41.7 Å². The van der Waals surface area contributed by atoms with Crippen molar-refractivity contribution in [3.63, 3.8) is 0 Å². The molecular formula is C49H65N7O6. The zero-order valence-electron chi connectivity index (χ0n) is 37.5. The molecule has 4 aromatic rings. The second-order valence-corrected chi connectivity index (χ2v) is 19.4. The van der Waals surface area contributed by atoms with Crippen molar-refractivity contribution >= 4 is 23.9 Å². The van der Waals surface area contributed by atoms with E-state index in [4.69, 9.17) is 4.98 Å². The van der Waals surface area contributed by atoms with Crippen molar-refractivity contribution in [2.45, 2.75) is 117 Å². The lowest BCUT2D eigenvalue weighted by molar-refractivity contribution is -0.130. The summed E-state index contributed by atoms with van der Waals surface area (Å²) in [6, 6.07) is 26.6. The molecule has 4 unspecified atom stereocenters. The summed E-state index contributed by atoms with van der Waals surface area (Å²) in [7, 11) is 0. The van der Waals surface area contributed by atoms with Crippen LogP contribution in [0.3, 0.4) is 0 Å². The fraction of sp³-hybridized carbons (Fsp3) is 0.469. The lowest BCUT2D eigenvalue weighted by Crippen LogP contribution is -2.58. The van der Waals surface area contributed by atoms with Gasteiger partial charge in [-0.3, -0.25) is 19.6 Å². The highest BCUT2D eigenvalue weighted by atomic mass is 16.4. The number of nitrogens with zero attached hydrogens (tertiary/aromatic N) is 4. The van der Waals surface area contributed by atoms with Crippen LogP contribution in [0.2, 0.25) is 0 Å². The van der Waals surface area contributed by atoms with Crippen LogP contribution in [0.15, 0.2) is 97.2 Å². The number of aliphatic hydroxyl groups is 1. The van der Waals surface area contributed by atoms with Gasteiger partial charge in [0.25, 0.3) is 0 Å². The molecule has 3 heterocycles. The minimum Gasteiger partial charge on any atom is -0.465 e. The van der Waals surface area contributed by atoms with Crippen LogP contribution in [-0.2, 0) is 34.4 Å². The third kappa shape index (κ3) is 13.6. The first kappa shape index (κ1) is 47.2. The largest absolute Gasteiger partial charge is 0.465 e. The van der Waals surface area contributed by atoms with Gasteiger partial charge in [0.2, 0.25) is 11.8 Å². The number of urea groups is 1. The monoisotopic (exact) mass is 847 g/mol. The van der Waals surface area contributed by atoms with E-state index in [-0.39, 0.29) is 42.6 Å². The number of hydrogen-bond acceptors (Lipinski definition) is 7. The van der Waals surface area contributed by atoms with Crippen molar-refractivity contribution in [2.75, 3.05) is 19.6 Å². The number of aliphatic hydroxyl groups excluding tert-OH is 1. The molecular weight excluding hydrogens is 783 g/mol. The summed E-state index contributed by atoms with van der Waals surface area (Å²) in [4.78, 5) is 66.3. The Bertz CT molecular complexity index is 2120. The van der Waals surface area contributed by atoms with Gasteiger partial charge in [0.15, 0.2) is 0 Å². The Morgan fingerprint density at radius 3 is 2.10 bits per heavy atom. The van der Waals surface area contributed by atoms with E-state index < -0.39 is 41.2 Å². The molecule has 4 atom stereocenters. The van der Waals surface area contributed by atoms with E-state index in [0.717, 1.165) is 33.8 Å². The first-order chi connectivity index (χ1) is 29.2. The molecule has 13 nitrogen and oxygen atoms in total. The zero-order valence-corrected chi connectivity index (χ0v) is 37.5. The number of benzene rings is 2. The van der Waals surface area contributed by atoms with Gasteiger partial charge in [-0.15, -0.1) is 0 Å². The highest BCUT2D eigenvalue weighted by molar-refractivity contribution is 5.89. The molecule has 2 aromatic carbocycles. The van der Waals surface area contributed by atoms with Crippen LogP contribution < -0.4 is 16.0 Å². The number of amides is 5. The van der Waals surface area contributed by atoms with Crippen molar-refractivity contribution in [1.82, 2.24) is 35.7 Å². The van der Waals surface area contributed by atoms with Crippen LogP contribution in [0.5, 0.6) is 0 Å². The molecule has 332 valence electrons. The number of carbonyl (C=O) groups is 4. The van der Waals surface area contributed by atoms with Crippen LogP contribution in [0.25, 0.3) is 11.3 Å². The van der Waals surface area contributed by atoms with Crippen molar-refractivity contribution < 1.29 is 29.4 Å². The molecule has 62 heavy (non-hydrogen) atoms. The third-order valence-corrected chi connectivity index (χ3v) is 11.2. The number of nitrogens with one attached hydrogen (secondary N) is 3. The van der Waals surface area contributed by atoms with Crippen molar-refractivity contribution in [3.8, 4) is 11.3 Å². The Balaban J connectivity index is 1.38. The highest BCUT2D eigenvalue weighted by Gasteiger charge is 2.44. The highest BCUT2D eigenvalue weighted by Crippen LogP contribution is 2.30. The minimum absolute atomic E-state index is 0.0366. The summed E-state index contributed by atoms with van der Waals surface area (Å²) in [6.07, 6.45) is 0.258. The minimum atomic E-state index is -1.17. The van der Waals surface area contributed by atoms with E-state index in [1.54, 1.807) is 16.0 Å². The average molecular weight is 848 g/mol. The third-order valence-electron chi connectivity index (χ3n) is 11.2. The Morgan fingerprint density at radius 2 is 1.47 bits per heavy atom. The van der Waals surface area contributed by atoms with Gasteiger partial charge in [0, 0.05) is 55.0 Å². The molecule has 5 amide bonds. The summed E-state index contributed by atoms with van der Waals surface area (Å²) in [6.45, 7) is 16.9. The van der Waals surface area contributed by atoms with Crippen LogP contribution in [0.4, 0.5) is 9.59 Å². The molecule has 0 radical (unpaired) electrons. The smallest absolute Gasteiger partial charge is 0.404 e. The molecule has 1 fully saturated rings. The molecule has 1 aliphatic heterocycles. The first-order valence-corrected chi connectivity index (χ1v) is 21.5. The zero-order chi connectivity index (χ0) is 45.2. The van der Waals surface area contributed by atoms with Gasteiger partial charge >= 0.3 is 12.1 Å². The van der Waals surface area contributed by atoms with Gasteiger partial charge in [-0.1, -0.05) is 122 Å². The first-order valence-electron chi connectivity index (χ1n) is 21.5. The second kappa shape index (κ2) is 20.4. The standard InChI is InChI=1S/C49H65N7O6/c1-47(2,3)41-19-14-17-36(52-41)31-55-25-26-56(46(55)62)43(48(4,5)6)44(59)54-39(28-33-15-10-9-11-16-33)40(57)29-37(53-42(58)30-49(7,8)32-51-45(60)61)27-34-20-22-35(23-21-34)38-18-12-13-24-50-38/h9-24,37,39-40,43,51,57H,25-32H2,1-8H3,(H,53,58)(H,54,59)(H,60,61). The van der Waals surface area contributed by atoms with E-state index in [0.29, 0.717) is 32.5 Å². The summed E-state index contributed by atoms with van der Waals surface area (Å²) in [5.41, 5.74) is 3.80. The maximum Gasteiger partial charge on any atom is 0.404 e. The van der Waals surface area contributed by atoms with Crippen molar-refractivity contribution in [1.29, 1.82) is 0 Å². The summed E-state index contributed by atoms with van der Waals surface area (Å²) < 4.78 is 0. The number of carboxylic acid groups (broad SMARTS) is 1. The van der Waals surface area contributed by atoms with E-state index >= 15 is 0 Å². The van der Waals surface area contributed by atoms with Gasteiger partial charge in [-0.05, 0) is 65.5 Å². The number of carbonyl (C=O) groups excluding carboxylic acids is 3. The molecule has 2 aromatic heterocycles. The lowest BCUT2D eigenvalue weighted by Gasteiger charge is -2.38.